The van der Waals surface area contributed by atoms with Crippen molar-refractivity contribution in [1.82, 2.24) is 15.5 Å². The average molecular weight is 250 g/mol. The Morgan fingerprint density at radius 2 is 2.06 bits per heavy atom. The van der Waals surface area contributed by atoms with Crippen LogP contribution in [0.2, 0.25) is 5.02 Å². The van der Waals surface area contributed by atoms with Crippen LogP contribution in [0.25, 0.3) is 0 Å². The molecule has 1 aromatic carbocycles. The number of carbonyl (C=O) groups is 1. The number of H-pyrrole nitrogens is 1. The van der Waals surface area contributed by atoms with E-state index in [1.54, 1.807) is 24.5 Å². The number of carbonyl (C=O) groups excluding carboxylic acids is 1. The zero-order valence-corrected chi connectivity index (χ0v) is 9.87. The van der Waals surface area contributed by atoms with Gasteiger partial charge < -0.3 is 5.32 Å². The summed E-state index contributed by atoms with van der Waals surface area (Å²) in [5.41, 5.74) is 1.90. The molecule has 0 atom stereocenters. The number of nitrogens with one attached hydrogen (secondary N) is 2. The number of hydrogen-bond acceptors (Lipinski definition) is 2. The highest BCUT2D eigenvalue weighted by Gasteiger charge is 2.03. The Bertz CT molecular complexity index is 479. The maximum atomic E-state index is 11.6. The Balaban J connectivity index is 1.83. The molecular formula is C12H12ClN3O. The van der Waals surface area contributed by atoms with Gasteiger partial charge in [-0.2, -0.15) is 5.10 Å². The molecule has 2 N–H and O–H groups in total. The molecule has 0 radical (unpaired) electrons. The van der Waals surface area contributed by atoms with Gasteiger partial charge in [-0.1, -0.05) is 23.7 Å². The molecule has 88 valence electrons. The van der Waals surface area contributed by atoms with Gasteiger partial charge in [-0.05, 0) is 17.7 Å². The number of benzene rings is 1. The number of halogens is 1. The Labute approximate surface area is 104 Å². The van der Waals surface area contributed by atoms with Crippen molar-refractivity contribution in [2.24, 2.45) is 0 Å². The summed E-state index contributed by atoms with van der Waals surface area (Å²) >= 11 is 5.77. The van der Waals surface area contributed by atoms with Crippen LogP contribution in [0.1, 0.15) is 11.1 Å². The predicted octanol–water partition coefficient (Wildman–Crippen LogP) is 1.92. The third-order valence-corrected chi connectivity index (χ3v) is 2.57. The Morgan fingerprint density at radius 3 is 2.71 bits per heavy atom. The van der Waals surface area contributed by atoms with E-state index in [0.717, 1.165) is 11.1 Å². The quantitative estimate of drug-likeness (QED) is 0.870. The van der Waals surface area contributed by atoms with Gasteiger partial charge in [0.15, 0.2) is 0 Å². The molecular weight excluding hydrogens is 238 g/mol. The largest absolute Gasteiger partial charge is 0.352 e. The Hall–Kier alpha value is -1.81. The summed E-state index contributed by atoms with van der Waals surface area (Å²) in [6.45, 7) is 0.489. The zero-order valence-electron chi connectivity index (χ0n) is 9.11. The first-order chi connectivity index (χ1) is 8.24. The van der Waals surface area contributed by atoms with Crippen molar-refractivity contribution in [2.75, 3.05) is 0 Å². The first-order valence-corrected chi connectivity index (χ1v) is 5.60. The summed E-state index contributed by atoms with van der Waals surface area (Å²) in [7, 11) is 0. The third-order valence-electron chi connectivity index (χ3n) is 2.32. The number of aromatic nitrogens is 2. The molecule has 1 amide bonds. The first kappa shape index (κ1) is 11.7. The second kappa shape index (κ2) is 5.50. The van der Waals surface area contributed by atoms with Crippen molar-refractivity contribution in [3.8, 4) is 0 Å². The maximum absolute atomic E-state index is 11.6. The van der Waals surface area contributed by atoms with Crippen LogP contribution >= 0.6 is 11.6 Å². The number of aromatic amines is 1. The number of rotatable bonds is 4. The summed E-state index contributed by atoms with van der Waals surface area (Å²) < 4.78 is 0. The molecule has 0 aliphatic carbocycles. The lowest BCUT2D eigenvalue weighted by Gasteiger charge is -2.03. The minimum atomic E-state index is -0.0199. The molecule has 0 bridgehead atoms. The van der Waals surface area contributed by atoms with Gasteiger partial charge in [-0.3, -0.25) is 9.89 Å². The van der Waals surface area contributed by atoms with Crippen molar-refractivity contribution >= 4 is 17.5 Å². The van der Waals surface area contributed by atoms with E-state index in [-0.39, 0.29) is 5.91 Å². The number of amides is 1. The highest BCUT2D eigenvalue weighted by atomic mass is 35.5. The third kappa shape index (κ3) is 3.60. The highest BCUT2D eigenvalue weighted by Crippen LogP contribution is 2.09. The second-order valence-electron chi connectivity index (χ2n) is 3.69. The molecule has 0 aliphatic rings. The zero-order chi connectivity index (χ0) is 12.1. The van der Waals surface area contributed by atoms with E-state index in [2.05, 4.69) is 15.5 Å². The predicted molar refractivity (Wildman–Crippen MR) is 65.6 cm³/mol. The van der Waals surface area contributed by atoms with Crippen LogP contribution in [0.15, 0.2) is 36.7 Å². The molecule has 4 nitrogen and oxygen atoms in total. The molecule has 1 aromatic heterocycles. The van der Waals surface area contributed by atoms with E-state index >= 15 is 0 Å². The van der Waals surface area contributed by atoms with Gasteiger partial charge in [-0.15, -0.1) is 0 Å². The smallest absolute Gasteiger partial charge is 0.224 e. The highest BCUT2D eigenvalue weighted by molar-refractivity contribution is 6.30. The molecule has 0 aliphatic heterocycles. The lowest BCUT2D eigenvalue weighted by atomic mass is 10.1. The van der Waals surface area contributed by atoms with Gasteiger partial charge in [0.2, 0.25) is 5.91 Å². The van der Waals surface area contributed by atoms with E-state index in [0.29, 0.717) is 18.0 Å². The fourth-order valence-corrected chi connectivity index (χ4v) is 1.55. The van der Waals surface area contributed by atoms with Gasteiger partial charge in [0.05, 0.1) is 12.6 Å². The van der Waals surface area contributed by atoms with Crippen molar-refractivity contribution in [1.29, 1.82) is 0 Å². The van der Waals surface area contributed by atoms with E-state index < -0.39 is 0 Å². The van der Waals surface area contributed by atoms with Crippen LogP contribution in [-0.2, 0) is 17.8 Å². The van der Waals surface area contributed by atoms with Crippen molar-refractivity contribution < 1.29 is 4.79 Å². The summed E-state index contributed by atoms with van der Waals surface area (Å²) in [6, 6.07) is 7.25. The van der Waals surface area contributed by atoms with E-state index in [1.165, 1.54) is 0 Å². The molecule has 5 heteroatoms. The monoisotopic (exact) mass is 249 g/mol. The molecule has 0 saturated heterocycles. The van der Waals surface area contributed by atoms with Gasteiger partial charge >= 0.3 is 0 Å². The van der Waals surface area contributed by atoms with Crippen LogP contribution in [0.3, 0.4) is 0 Å². The Kier molecular flexibility index (Phi) is 3.77. The van der Waals surface area contributed by atoms with Crippen molar-refractivity contribution in [3.05, 3.63) is 52.8 Å². The van der Waals surface area contributed by atoms with Gasteiger partial charge in [0.25, 0.3) is 0 Å². The van der Waals surface area contributed by atoms with Crippen LogP contribution in [0.5, 0.6) is 0 Å². The van der Waals surface area contributed by atoms with Gasteiger partial charge in [-0.25, -0.2) is 0 Å². The number of nitrogens with zero attached hydrogens (tertiary/aromatic N) is 1. The first-order valence-electron chi connectivity index (χ1n) is 5.23. The fourth-order valence-electron chi connectivity index (χ4n) is 1.43. The van der Waals surface area contributed by atoms with Gasteiger partial charge in [0.1, 0.15) is 0 Å². The topological polar surface area (TPSA) is 57.8 Å². The molecule has 0 spiro atoms. The van der Waals surface area contributed by atoms with Crippen LogP contribution in [0.4, 0.5) is 0 Å². The van der Waals surface area contributed by atoms with Crippen molar-refractivity contribution in [3.63, 3.8) is 0 Å². The SMILES string of the molecule is O=C(Cc1ccc(Cl)cc1)NCc1cn[nH]c1. The lowest BCUT2D eigenvalue weighted by molar-refractivity contribution is -0.120. The average Bonchev–Trinajstić information content (AvgIpc) is 2.83. The van der Waals surface area contributed by atoms with E-state index in [1.807, 2.05) is 12.1 Å². The summed E-state index contributed by atoms with van der Waals surface area (Å²) in [4.78, 5) is 11.6. The summed E-state index contributed by atoms with van der Waals surface area (Å²) in [6.07, 6.45) is 3.79. The molecule has 0 fully saturated rings. The second-order valence-corrected chi connectivity index (χ2v) is 4.12. The molecule has 0 unspecified atom stereocenters. The molecule has 17 heavy (non-hydrogen) atoms. The fraction of sp³-hybridized carbons (Fsp3) is 0.167. The summed E-state index contributed by atoms with van der Waals surface area (Å²) in [5, 5.41) is 9.99. The standard InChI is InChI=1S/C12H12ClN3O/c13-11-3-1-9(2-4-11)5-12(17)14-6-10-7-15-16-8-10/h1-4,7-8H,5-6H2,(H,14,17)(H,15,16). The van der Waals surface area contributed by atoms with E-state index in [9.17, 15) is 4.79 Å². The van der Waals surface area contributed by atoms with Crippen molar-refractivity contribution in [2.45, 2.75) is 13.0 Å². The number of hydrogen-bond donors (Lipinski definition) is 2. The molecule has 2 aromatic rings. The van der Waals surface area contributed by atoms with E-state index in [4.69, 9.17) is 11.6 Å². The van der Waals surface area contributed by atoms with Crippen LogP contribution in [-0.4, -0.2) is 16.1 Å². The maximum Gasteiger partial charge on any atom is 0.224 e. The van der Waals surface area contributed by atoms with Crippen LogP contribution in [0, 0.1) is 0 Å². The minimum Gasteiger partial charge on any atom is -0.352 e. The summed E-state index contributed by atoms with van der Waals surface area (Å²) in [5.74, 6) is -0.0199. The van der Waals surface area contributed by atoms with Gasteiger partial charge in [0, 0.05) is 23.3 Å². The lowest BCUT2D eigenvalue weighted by Crippen LogP contribution is -2.24. The molecule has 2 rings (SSSR count). The molecule has 1 heterocycles. The minimum absolute atomic E-state index is 0.0199. The normalized spacial score (nSPS) is 10.2. The molecule has 0 saturated carbocycles. The Morgan fingerprint density at radius 1 is 1.29 bits per heavy atom. The van der Waals surface area contributed by atoms with Crippen LogP contribution < -0.4 is 5.32 Å².